The Morgan fingerprint density at radius 3 is 2.50 bits per heavy atom. The molecule has 0 aromatic heterocycles. The summed E-state index contributed by atoms with van der Waals surface area (Å²) in [6.45, 7) is 0. The summed E-state index contributed by atoms with van der Waals surface area (Å²) < 4.78 is 41.2. The molecule has 0 radical (unpaired) electrons. The van der Waals surface area contributed by atoms with Crippen molar-refractivity contribution >= 4 is 17.6 Å². The lowest BCUT2D eigenvalue weighted by atomic mass is 10.1. The molecule has 0 aliphatic rings. The number of benzene rings is 1. The number of carbonyl (C=O) groups excluding carboxylic acids is 1. The Kier molecular flexibility index (Phi) is 3.80. The Bertz CT molecular complexity index is 402. The van der Waals surface area contributed by atoms with E-state index in [4.69, 9.17) is 11.6 Å². The average Bonchev–Trinajstić information content (AvgIpc) is 2.19. The van der Waals surface area contributed by atoms with Crippen LogP contribution in [-0.2, 0) is 22.1 Å². The molecule has 0 saturated heterocycles. The lowest BCUT2D eigenvalue weighted by molar-refractivity contribution is -0.139. The molecular weight excluding hydrogens is 245 g/mol. The fourth-order valence-electron chi connectivity index (χ4n) is 1.09. The summed E-state index contributed by atoms with van der Waals surface area (Å²) in [6, 6.07) is 2.84. The molecule has 0 N–H and O–H groups in total. The van der Waals surface area contributed by atoms with Gasteiger partial charge in [0.15, 0.2) is 0 Å². The molecule has 0 aliphatic heterocycles. The molecule has 1 aromatic rings. The van der Waals surface area contributed by atoms with Gasteiger partial charge in [-0.15, -0.1) is 0 Å². The third kappa shape index (κ3) is 3.13. The summed E-state index contributed by atoms with van der Waals surface area (Å²) in [5, 5.41) is -0.0970. The Morgan fingerprint density at radius 1 is 1.44 bits per heavy atom. The number of hydrogen-bond donors (Lipinski definition) is 0. The molecule has 0 fully saturated rings. The van der Waals surface area contributed by atoms with Gasteiger partial charge in [0.25, 0.3) is 0 Å². The molecular formula is C10H8ClF3O2. The van der Waals surface area contributed by atoms with Crippen LogP contribution < -0.4 is 0 Å². The van der Waals surface area contributed by atoms with E-state index in [1.165, 1.54) is 13.2 Å². The van der Waals surface area contributed by atoms with Gasteiger partial charge in [-0.05, 0) is 17.7 Å². The van der Waals surface area contributed by atoms with Crippen molar-refractivity contribution in [2.24, 2.45) is 0 Å². The van der Waals surface area contributed by atoms with Crippen LogP contribution in [0, 0.1) is 0 Å². The van der Waals surface area contributed by atoms with Gasteiger partial charge in [0.2, 0.25) is 0 Å². The quantitative estimate of drug-likeness (QED) is 0.756. The third-order valence-corrected chi connectivity index (χ3v) is 2.29. The summed E-state index contributed by atoms with van der Waals surface area (Å²) in [4.78, 5) is 10.9. The molecule has 1 aromatic carbocycles. The van der Waals surface area contributed by atoms with E-state index >= 15 is 0 Å². The molecule has 0 aliphatic carbocycles. The highest BCUT2D eigenvalue weighted by Crippen LogP contribution is 2.32. The second kappa shape index (κ2) is 4.74. The Morgan fingerprint density at radius 2 is 2.06 bits per heavy atom. The van der Waals surface area contributed by atoms with E-state index in [1.54, 1.807) is 0 Å². The average molecular weight is 253 g/mol. The second-order valence-corrected chi connectivity index (χ2v) is 3.46. The van der Waals surface area contributed by atoms with Crippen LogP contribution in [0.3, 0.4) is 0 Å². The van der Waals surface area contributed by atoms with Crippen LogP contribution >= 0.6 is 11.6 Å². The number of methoxy groups -OCH3 is 1. The Hall–Kier alpha value is -1.23. The monoisotopic (exact) mass is 252 g/mol. The minimum Gasteiger partial charge on any atom is -0.469 e. The van der Waals surface area contributed by atoms with Crippen LogP contribution in [0.15, 0.2) is 18.2 Å². The first-order valence-corrected chi connectivity index (χ1v) is 4.65. The van der Waals surface area contributed by atoms with E-state index in [0.717, 1.165) is 12.1 Å². The van der Waals surface area contributed by atoms with Crippen molar-refractivity contribution in [1.82, 2.24) is 0 Å². The number of ether oxygens (including phenoxy) is 1. The van der Waals surface area contributed by atoms with Crippen molar-refractivity contribution in [2.45, 2.75) is 12.6 Å². The lowest BCUT2D eigenvalue weighted by Gasteiger charge is -2.09. The van der Waals surface area contributed by atoms with Gasteiger partial charge in [-0.1, -0.05) is 17.7 Å². The van der Waals surface area contributed by atoms with Gasteiger partial charge in [-0.2, -0.15) is 13.2 Å². The summed E-state index contributed by atoms with van der Waals surface area (Å²) >= 11 is 5.63. The first-order valence-electron chi connectivity index (χ1n) is 4.27. The first kappa shape index (κ1) is 12.8. The first-order chi connectivity index (χ1) is 7.34. The topological polar surface area (TPSA) is 26.3 Å². The highest BCUT2D eigenvalue weighted by molar-refractivity contribution is 6.31. The fraction of sp³-hybridized carbons (Fsp3) is 0.300. The molecule has 0 unspecified atom stereocenters. The van der Waals surface area contributed by atoms with Gasteiger partial charge in [-0.3, -0.25) is 4.79 Å². The maximum absolute atomic E-state index is 12.3. The van der Waals surface area contributed by atoms with Crippen molar-refractivity contribution < 1.29 is 22.7 Å². The maximum Gasteiger partial charge on any atom is 0.416 e. The minimum absolute atomic E-state index is 0.0970. The van der Waals surface area contributed by atoms with Crippen LogP contribution in [0.1, 0.15) is 11.1 Å². The zero-order valence-electron chi connectivity index (χ0n) is 8.27. The number of hydrogen-bond acceptors (Lipinski definition) is 2. The Labute approximate surface area is 95.0 Å². The molecule has 0 saturated carbocycles. The maximum atomic E-state index is 12.3. The Balaban J connectivity index is 2.96. The van der Waals surface area contributed by atoms with Crippen LogP contribution in [0.4, 0.5) is 13.2 Å². The van der Waals surface area contributed by atoms with E-state index < -0.39 is 17.7 Å². The zero-order valence-corrected chi connectivity index (χ0v) is 9.02. The van der Waals surface area contributed by atoms with Crippen molar-refractivity contribution in [3.8, 4) is 0 Å². The SMILES string of the molecule is COC(=O)Cc1ccc(C(F)(F)F)cc1Cl. The van der Waals surface area contributed by atoms with E-state index in [9.17, 15) is 18.0 Å². The molecule has 2 nitrogen and oxygen atoms in total. The predicted octanol–water partition coefficient (Wildman–Crippen LogP) is 3.07. The number of esters is 1. The highest BCUT2D eigenvalue weighted by Gasteiger charge is 2.30. The molecule has 0 bridgehead atoms. The summed E-state index contributed by atoms with van der Waals surface area (Å²) in [5.41, 5.74) is -0.535. The van der Waals surface area contributed by atoms with Crippen molar-refractivity contribution in [3.05, 3.63) is 34.3 Å². The minimum atomic E-state index is -4.44. The number of rotatable bonds is 2. The van der Waals surface area contributed by atoms with Crippen molar-refractivity contribution in [2.75, 3.05) is 7.11 Å². The van der Waals surface area contributed by atoms with Crippen molar-refractivity contribution in [3.63, 3.8) is 0 Å². The van der Waals surface area contributed by atoms with Crippen LogP contribution in [0.5, 0.6) is 0 Å². The van der Waals surface area contributed by atoms with Gasteiger partial charge in [-0.25, -0.2) is 0 Å². The van der Waals surface area contributed by atoms with Gasteiger partial charge in [0.1, 0.15) is 0 Å². The van der Waals surface area contributed by atoms with Crippen molar-refractivity contribution in [1.29, 1.82) is 0 Å². The molecule has 0 spiro atoms. The van der Waals surface area contributed by atoms with E-state index in [0.29, 0.717) is 5.56 Å². The molecule has 88 valence electrons. The van der Waals surface area contributed by atoms with E-state index in [1.807, 2.05) is 0 Å². The third-order valence-electron chi connectivity index (χ3n) is 1.94. The molecule has 0 heterocycles. The van der Waals surface area contributed by atoms with Gasteiger partial charge >= 0.3 is 12.1 Å². The zero-order chi connectivity index (χ0) is 12.3. The summed E-state index contributed by atoms with van der Waals surface area (Å²) in [7, 11) is 1.19. The van der Waals surface area contributed by atoms with Gasteiger partial charge in [0, 0.05) is 5.02 Å². The lowest BCUT2D eigenvalue weighted by Crippen LogP contribution is -2.08. The van der Waals surface area contributed by atoms with E-state index in [2.05, 4.69) is 4.74 Å². The largest absolute Gasteiger partial charge is 0.469 e. The van der Waals surface area contributed by atoms with Gasteiger partial charge < -0.3 is 4.74 Å². The number of alkyl halides is 3. The normalized spacial score (nSPS) is 11.3. The summed E-state index contributed by atoms with van der Waals surface area (Å²) in [6.07, 6.45) is -4.58. The fourth-order valence-corrected chi connectivity index (χ4v) is 1.34. The van der Waals surface area contributed by atoms with Crippen LogP contribution in [0.25, 0.3) is 0 Å². The summed E-state index contributed by atoms with van der Waals surface area (Å²) in [5.74, 6) is -0.554. The molecule has 1 rings (SSSR count). The smallest absolute Gasteiger partial charge is 0.416 e. The number of halogens is 4. The standard InChI is InChI=1S/C10H8ClF3O2/c1-16-9(15)4-6-2-3-7(5-8(6)11)10(12,13)14/h2-3,5H,4H2,1H3. The highest BCUT2D eigenvalue weighted by atomic mass is 35.5. The molecule has 0 amide bonds. The number of carbonyl (C=O) groups is 1. The van der Waals surface area contributed by atoms with E-state index in [-0.39, 0.29) is 11.4 Å². The van der Waals surface area contributed by atoms with Gasteiger partial charge in [0.05, 0.1) is 19.1 Å². The molecule has 0 atom stereocenters. The predicted molar refractivity (Wildman–Crippen MR) is 52.2 cm³/mol. The molecule has 16 heavy (non-hydrogen) atoms. The van der Waals surface area contributed by atoms with Crippen LogP contribution in [-0.4, -0.2) is 13.1 Å². The second-order valence-electron chi connectivity index (χ2n) is 3.06. The molecule has 6 heteroatoms. The van der Waals surface area contributed by atoms with Crippen LogP contribution in [0.2, 0.25) is 5.02 Å².